The molecule has 0 saturated heterocycles. The van der Waals surface area contributed by atoms with Gasteiger partial charge in [-0.25, -0.2) is 9.68 Å². The predicted octanol–water partition coefficient (Wildman–Crippen LogP) is 2.17. The lowest BCUT2D eigenvalue weighted by Crippen LogP contribution is -2.27. The Hall–Kier alpha value is -1.28. The van der Waals surface area contributed by atoms with E-state index in [0.29, 0.717) is 25.3 Å². The van der Waals surface area contributed by atoms with Crippen LogP contribution in [0.25, 0.3) is 0 Å². The number of hydrogen-bond acceptors (Lipinski definition) is 8. The third kappa shape index (κ3) is 7.64. The smallest absolute Gasteiger partial charge is 0.357 e. The lowest BCUT2D eigenvalue weighted by atomic mass is 10.0. The van der Waals surface area contributed by atoms with Crippen molar-refractivity contribution in [1.29, 1.82) is 0 Å². The molecule has 1 rings (SSSR count). The van der Waals surface area contributed by atoms with E-state index in [1.165, 1.54) is 0 Å². The topological polar surface area (TPSA) is 97.7 Å². The number of carbonyl (C=O) groups excluding carboxylic acids is 1. The minimum atomic E-state index is -2.50. The molecule has 1 heterocycles. The molecule has 2 N–H and O–H groups in total. The standard InChI is InChI=1S/C16H26NO7P/c1-5-22-16(18)14(4)15-10-12(2)17(13(3)11-15)6-7-21-8-9-23-24-25(19)20/h10-11,19-20H,5-9H2,1-4H3. The van der Waals surface area contributed by atoms with E-state index >= 15 is 0 Å². The van der Waals surface area contributed by atoms with E-state index in [4.69, 9.17) is 19.3 Å². The molecule has 25 heavy (non-hydrogen) atoms. The molecule has 9 heteroatoms. The second-order valence-electron chi connectivity index (χ2n) is 5.29. The Morgan fingerprint density at radius 2 is 1.80 bits per heavy atom. The zero-order valence-electron chi connectivity index (χ0n) is 15.0. The summed E-state index contributed by atoms with van der Waals surface area (Å²) in [6.45, 7) is 9.31. The van der Waals surface area contributed by atoms with Gasteiger partial charge in [0.15, 0.2) is 0 Å². The van der Waals surface area contributed by atoms with Gasteiger partial charge in [-0.1, -0.05) is 0 Å². The normalized spacial score (nSPS) is 14.5. The van der Waals surface area contributed by atoms with Gasteiger partial charge in [-0.05, 0) is 45.4 Å². The minimum Gasteiger partial charge on any atom is -0.463 e. The van der Waals surface area contributed by atoms with E-state index in [-0.39, 0.29) is 19.2 Å². The van der Waals surface area contributed by atoms with E-state index in [1.54, 1.807) is 13.8 Å². The van der Waals surface area contributed by atoms with Gasteiger partial charge >= 0.3 is 14.6 Å². The number of ether oxygens (including phenoxy) is 2. The average molecular weight is 375 g/mol. The van der Waals surface area contributed by atoms with Crippen LogP contribution in [0.3, 0.4) is 0 Å². The fourth-order valence-electron chi connectivity index (χ4n) is 2.29. The van der Waals surface area contributed by atoms with Gasteiger partial charge < -0.3 is 24.2 Å². The molecule has 0 spiro atoms. The van der Waals surface area contributed by atoms with E-state index in [2.05, 4.69) is 14.5 Å². The highest BCUT2D eigenvalue weighted by Gasteiger charge is 2.17. The number of nitrogens with zero attached hydrogens (tertiary/aromatic N) is 1. The van der Waals surface area contributed by atoms with Crippen LogP contribution in [0.5, 0.6) is 0 Å². The van der Waals surface area contributed by atoms with Crippen LogP contribution in [0, 0.1) is 0 Å². The molecule has 0 aliphatic carbocycles. The van der Waals surface area contributed by atoms with Crippen molar-refractivity contribution in [2.75, 3.05) is 33.0 Å². The van der Waals surface area contributed by atoms with Gasteiger partial charge in [0.2, 0.25) is 0 Å². The summed E-state index contributed by atoms with van der Waals surface area (Å²) in [5.41, 5.74) is 3.45. The van der Waals surface area contributed by atoms with Gasteiger partial charge in [0.05, 0.1) is 19.8 Å². The highest BCUT2D eigenvalue weighted by molar-refractivity contribution is 7.39. The van der Waals surface area contributed by atoms with Crippen LogP contribution in [-0.4, -0.2) is 53.6 Å². The number of allylic oxidation sites excluding steroid dienone is 5. The van der Waals surface area contributed by atoms with Gasteiger partial charge in [0.25, 0.3) is 0 Å². The maximum atomic E-state index is 11.9. The predicted molar refractivity (Wildman–Crippen MR) is 92.8 cm³/mol. The van der Waals surface area contributed by atoms with E-state index in [9.17, 15) is 4.79 Å². The zero-order valence-corrected chi connectivity index (χ0v) is 15.9. The Bertz CT molecular complexity index is 521. The Morgan fingerprint density at radius 3 is 2.36 bits per heavy atom. The number of rotatable bonds is 10. The van der Waals surface area contributed by atoms with Crippen molar-refractivity contribution in [2.45, 2.75) is 27.7 Å². The first kappa shape index (κ1) is 21.8. The molecular formula is C16H26NO7P. The quantitative estimate of drug-likeness (QED) is 0.150. The van der Waals surface area contributed by atoms with E-state index < -0.39 is 8.60 Å². The first-order valence-electron chi connectivity index (χ1n) is 7.94. The maximum Gasteiger partial charge on any atom is 0.357 e. The Labute approximate surface area is 149 Å². The SMILES string of the molecule is CCOC(=O)C(C)=C1C=C(C)N(CCOCCOOP(O)O)C(C)=C1. The average Bonchev–Trinajstić information content (AvgIpc) is 2.55. The fraction of sp³-hybridized carbons (Fsp3) is 0.562. The van der Waals surface area contributed by atoms with Crippen LogP contribution in [0.2, 0.25) is 0 Å². The molecule has 0 radical (unpaired) electrons. The van der Waals surface area contributed by atoms with Gasteiger partial charge in [-0.2, -0.15) is 4.67 Å². The summed E-state index contributed by atoms with van der Waals surface area (Å²) in [5.74, 6) is -0.306. The van der Waals surface area contributed by atoms with Crippen molar-refractivity contribution >= 4 is 14.6 Å². The molecule has 0 bridgehead atoms. The van der Waals surface area contributed by atoms with Gasteiger partial charge in [0, 0.05) is 23.5 Å². The zero-order chi connectivity index (χ0) is 18.8. The first-order valence-corrected chi connectivity index (χ1v) is 9.10. The fourth-order valence-corrected chi connectivity index (χ4v) is 2.46. The second-order valence-corrected chi connectivity index (χ2v) is 5.94. The van der Waals surface area contributed by atoms with Crippen molar-refractivity contribution < 1.29 is 33.6 Å². The molecule has 0 unspecified atom stereocenters. The molecular weight excluding hydrogens is 349 g/mol. The van der Waals surface area contributed by atoms with E-state index in [1.807, 2.05) is 26.0 Å². The van der Waals surface area contributed by atoms with Crippen LogP contribution in [-0.2, 0) is 23.8 Å². The lowest BCUT2D eigenvalue weighted by Gasteiger charge is -2.30. The first-order chi connectivity index (χ1) is 11.9. The molecule has 0 aromatic rings. The van der Waals surface area contributed by atoms with Crippen molar-refractivity contribution in [3.63, 3.8) is 0 Å². The maximum absolute atomic E-state index is 11.9. The Kier molecular flexibility index (Phi) is 9.89. The minimum absolute atomic E-state index is 0.106. The third-order valence-corrected chi connectivity index (χ3v) is 3.72. The second kappa shape index (κ2) is 11.4. The van der Waals surface area contributed by atoms with Gasteiger partial charge in [-0.15, -0.1) is 0 Å². The summed E-state index contributed by atoms with van der Waals surface area (Å²) in [7, 11) is -2.50. The molecule has 8 nitrogen and oxygen atoms in total. The summed E-state index contributed by atoms with van der Waals surface area (Å²) in [6, 6.07) is 0. The van der Waals surface area contributed by atoms with E-state index in [0.717, 1.165) is 17.0 Å². The summed E-state index contributed by atoms with van der Waals surface area (Å²) in [6.07, 6.45) is 3.89. The van der Waals surface area contributed by atoms with Crippen LogP contribution < -0.4 is 0 Å². The molecule has 0 aromatic carbocycles. The summed E-state index contributed by atoms with van der Waals surface area (Å²) >= 11 is 0. The lowest BCUT2D eigenvalue weighted by molar-refractivity contribution is -0.221. The van der Waals surface area contributed by atoms with Gasteiger partial charge in [-0.3, -0.25) is 0 Å². The number of hydrogen-bond donors (Lipinski definition) is 2. The summed E-state index contributed by atoms with van der Waals surface area (Å²) in [4.78, 5) is 35.4. The molecule has 0 amide bonds. The molecule has 0 fully saturated rings. The third-order valence-electron chi connectivity index (χ3n) is 3.48. The Balaban J connectivity index is 2.48. The molecule has 0 saturated carbocycles. The van der Waals surface area contributed by atoms with Crippen LogP contribution in [0.15, 0.2) is 34.7 Å². The van der Waals surface area contributed by atoms with Crippen LogP contribution >= 0.6 is 8.60 Å². The summed E-state index contributed by atoms with van der Waals surface area (Å²) in [5, 5.41) is 0. The van der Waals surface area contributed by atoms with Crippen LogP contribution in [0.1, 0.15) is 27.7 Å². The largest absolute Gasteiger partial charge is 0.463 e. The molecule has 142 valence electrons. The molecule has 0 atom stereocenters. The number of esters is 1. The monoisotopic (exact) mass is 375 g/mol. The number of carbonyl (C=O) groups is 1. The van der Waals surface area contributed by atoms with Crippen LogP contribution in [0.4, 0.5) is 0 Å². The van der Waals surface area contributed by atoms with Crippen molar-refractivity contribution in [3.05, 3.63) is 34.7 Å². The summed E-state index contributed by atoms with van der Waals surface area (Å²) < 4.78 is 14.6. The molecule has 0 aromatic heterocycles. The van der Waals surface area contributed by atoms with Crippen molar-refractivity contribution in [2.24, 2.45) is 0 Å². The highest BCUT2D eigenvalue weighted by Crippen LogP contribution is 2.25. The van der Waals surface area contributed by atoms with Crippen molar-refractivity contribution in [1.82, 2.24) is 4.90 Å². The molecule has 1 aliphatic heterocycles. The van der Waals surface area contributed by atoms with Gasteiger partial charge in [0.1, 0.15) is 6.61 Å². The van der Waals surface area contributed by atoms with Crippen molar-refractivity contribution in [3.8, 4) is 0 Å². The molecule has 1 aliphatic rings. The highest BCUT2D eigenvalue weighted by atomic mass is 31.2. The Morgan fingerprint density at radius 1 is 1.16 bits per heavy atom.